The number of carbonyl (C=O) groups excluding carboxylic acids is 4. The summed E-state index contributed by atoms with van der Waals surface area (Å²) >= 11 is 7.90. The molecule has 6 unspecified atom stereocenters. The number of para-hydroxylation sites is 3. The molecule has 11 rings (SSSR count). The van der Waals surface area contributed by atoms with Gasteiger partial charge in [0, 0.05) is 39.9 Å². The first kappa shape index (κ1) is 38.4. The Bertz CT molecular complexity index is 3100. The van der Waals surface area contributed by atoms with E-state index in [2.05, 4.69) is 4.98 Å². The molecule has 12 nitrogen and oxygen atoms in total. The summed E-state index contributed by atoms with van der Waals surface area (Å²) in [6, 6.07) is 27.1. The molecule has 6 atom stereocenters. The predicted molar refractivity (Wildman–Crippen MR) is 235 cm³/mol. The molecule has 3 aromatic heterocycles. The lowest BCUT2D eigenvalue weighted by Gasteiger charge is -2.49. The highest BCUT2D eigenvalue weighted by Crippen LogP contribution is 2.65. The molecule has 62 heavy (non-hydrogen) atoms. The van der Waals surface area contributed by atoms with Gasteiger partial charge in [-0.05, 0) is 104 Å². The first-order chi connectivity index (χ1) is 29.9. The number of nitrogens with zero attached hydrogens (tertiary/aromatic N) is 5. The molecular formula is C48H38ClN5O7S. The molecule has 0 radical (unpaired) electrons. The Morgan fingerprint density at radius 1 is 0.919 bits per heavy atom. The number of methoxy groups -OCH3 is 1. The van der Waals surface area contributed by atoms with Gasteiger partial charge in [0.1, 0.15) is 17.0 Å². The lowest BCUT2D eigenvalue weighted by molar-refractivity contribution is -0.131. The average Bonchev–Trinajstić information content (AvgIpc) is 4.05. The molecule has 4 aromatic carbocycles. The number of imide groups is 2. The summed E-state index contributed by atoms with van der Waals surface area (Å²) in [5.41, 5.74) is 3.83. The van der Waals surface area contributed by atoms with Crippen LogP contribution in [0.1, 0.15) is 36.8 Å². The molecule has 2 saturated heterocycles. The van der Waals surface area contributed by atoms with Crippen LogP contribution >= 0.6 is 22.9 Å². The highest BCUT2D eigenvalue weighted by atomic mass is 35.5. The van der Waals surface area contributed by atoms with E-state index in [1.165, 1.54) is 16.9 Å². The van der Waals surface area contributed by atoms with Crippen LogP contribution in [0.2, 0.25) is 5.02 Å². The number of oxazole rings is 1. The minimum atomic E-state index is -1.39. The number of allylic oxidation sites excluding steroid dienone is 2. The summed E-state index contributed by atoms with van der Waals surface area (Å²) < 4.78 is 14.1. The molecule has 3 fully saturated rings. The summed E-state index contributed by atoms with van der Waals surface area (Å²) in [6.45, 7) is 3.79. The number of aromatic nitrogens is 3. The summed E-state index contributed by atoms with van der Waals surface area (Å²) in [5, 5.41) is 18.2. The molecule has 2 aliphatic heterocycles. The fraction of sp³-hybridized carbons (Fsp3) is 0.250. The van der Waals surface area contributed by atoms with Crippen molar-refractivity contribution in [3.63, 3.8) is 0 Å². The number of hydrogen-bond acceptors (Lipinski definition) is 10. The molecule has 5 heterocycles. The van der Waals surface area contributed by atoms with Gasteiger partial charge in [0.15, 0.2) is 17.1 Å². The highest BCUT2D eigenvalue weighted by Gasteiger charge is 2.68. The molecule has 0 bridgehead atoms. The number of amides is 4. The smallest absolute Gasteiger partial charge is 0.242 e. The van der Waals surface area contributed by atoms with Gasteiger partial charge in [0.2, 0.25) is 29.5 Å². The molecule has 7 aromatic rings. The lowest BCUT2D eigenvalue weighted by Crippen LogP contribution is -2.49. The summed E-state index contributed by atoms with van der Waals surface area (Å²) in [5.74, 6) is -4.59. The lowest BCUT2D eigenvalue weighted by atomic mass is 9.51. The van der Waals surface area contributed by atoms with E-state index in [1.807, 2.05) is 55.5 Å². The number of rotatable bonds is 6. The van der Waals surface area contributed by atoms with Crippen LogP contribution in [0.5, 0.6) is 11.5 Å². The van der Waals surface area contributed by atoms with Gasteiger partial charge in [-0.3, -0.25) is 28.8 Å². The largest absolute Gasteiger partial charge is 0.504 e. The summed E-state index contributed by atoms with van der Waals surface area (Å²) in [4.78, 5) is 67.4. The molecule has 310 valence electrons. The van der Waals surface area contributed by atoms with Gasteiger partial charge in [0.25, 0.3) is 0 Å². The molecule has 0 spiro atoms. The van der Waals surface area contributed by atoms with E-state index in [1.54, 1.807) is 78.5 Å². The number of phenols is 1. The van der Waals surface area contributed by atoms with Gasteiger partial charge < -0.3 is 14.3 Å². The summed E-state index contributed by atoms with van der Waals surface area (Å²) in [7, 11) is 3.16. The van der Waals surface area contributed by atoms with Crippen molar-refractivity contribution < 1.29 is 33.4 Å². The Balaban J connectivity index is 0.977. The number of anilines is 2. The quantitative estimate of drug-likeness (QED) is 0.128. The van der Waals surface area contributed by atoms with Crippen molar-refractivity contribution in [1.82, 2.24) is 14.8 Å². The number of aryl methyl sites for hydroxylation is 2. The van der Waals surface area contributed by atoms with Gasteiger partial charge in [-0.2, -0.15) is 5.10 Å². The van der Waals surface area contributed by atoms with Gasteiger partial charge in [-0.25, -0.2) is 9.88 Å². The minimum absolute atomic E-state index is 0.149. The van der Waals surface area contributed by atoms with Crippen molar-refractivity contribution in [3.8, 4) is 33.5 Å². The Labute approximate surface area is 364 Å². The van der Waals surface area contributed by atoms with Crippen LogP contribution in [0.3, 0.4) is 0 Å². The maximum Gasteiger partial charge on any atom is 0.242 e. The first-order valence-electron chi connectivity index (χ1n) is 20.4. The SMILES string of the molecule is COc1cccc(C2C3=CCC4C(=O)N(c5ccc(-c6nc7ccccc7o6)cc5)C(=O)C4C3CC3C(=O)N(c4cc(-c5sc6ccc(Cl)cc6c5C)nn4C)C(=O)C32C)c1O. The molecule has 14 heteroatoms. The second-order valence-electron chi connectivity index (χ2n) is 16.8. The molecular weight excluding hydrogens is 826 g/mol. The van der Waals surface area contributed by atoms with Crippen LogP contribution in [0, 0.1) is 36.0 Å². The topological polar surface area (TPSA) is 148 Å². The van der Waals surface area contributed by atoms with Gasteiger partial charge in [0.05, 0.1) is 40.8 Å². The van der Waals surface area contributed by atoms with Crippen LogP contribution in [-0.4, -0.2) is 50.6 Å². The van der Waals surface area contributed by atoms with Crippen molar-refractivity contribution in [2.75, 3.05) is 16.9 Å². The number of ether oxygens (including phenoxy) is 1. The standard InChI is InChI=1S/C48H38ClN5O7S/c1-23-30-20-25(49)14-19-37(30)62-42(23)34-22-38(52(3)51-34)54-45(57)32-21-31-27(40(48(32,2)47(54)59)29-8-7-11-36(60-4)41(29)55)17-18-28-39(31)46(58)53(44(28)56)26-15-12-24(13-16-26)43-50-33-9-5-6-10-35(33)61-43/h5-17,19-20,22,28,31-32,39-40,55H,18,21H2,1-4H3. The van der Waals surface area contributed by atoms with E-state index in [9.17, 15) is 14.7 Å². The summed E-state index contributed by atoms with van der Waals surface area (Å²) in [6.07, 6.45) is 2.36. The number of halogens is 1. The van der Waals surface area contributed by atoms with E-state index in [4.69, 9.17) is 25.9 Å². The Kier molecular flexibility index (Phi) is 8.49. The fourth-order valence-corrected chi connectivity index (χ4v) is 12.1. The second kappa shape index (κ2) is 13.7. The number of hydrogen-bond donors (Lipinski definition) is 1. The zero-order chi connectivity index (χ0) is 42.9. The van der Waals surface area contributed by atoms with Crippen molar-refractivity contribution in [2.24, 2.45) is 36.1 Å². The maximum absolute atomic E-state index is 15.3. The predicted octanol–water partition coefficient (Wildman–Crippen LogP) is 9.22. The van der Waals surface area contributed by atoms with Crippen molar-refractivity contribution in [3.05, 3.63) is 119 Å². The van der Waals surface area contributed by atoms with Crippen molar-refractivity contribution in [1.29, 1.82) is 0 Å². The third-order valence-electron chi connectivity index (χ3n) is 13.7. The van der Waals surface area contributed by atoms with E-state index in [-0.39, 0.29) is 36.2 Å². The second-order valence-corrected chi connectivity index (χ2v) is 18.3. The first-order valence-corrected chi connectivity index (χ1v) is 21.6. The monoisotopic (exact) mass is 863 g/mol. The van der Waals surface area contributed by atoms with E-state index < -0.39 is 46.8 Å². The van der Waals surface area contributed by atoms with Crippen molar-refractivity contribution in [2.45, 2.75) is 32.6 Å². The Morgan fingerprint density at radius 3 is 2.48 bits per heavy atom. The maximum atomic E-state index is 15.3. The molecule has 4 amide bonds. The average molecular weight is 864 g/mol. The van der Waals surface area contributed by atoms with Crippen LogP contribution in [0.4, 0.5) is 11.5 Å². The van der Waals surface area contributed by atoms with Crippen molar-refractivity contribution >= 4 is 79.3 Å². The fourth-order valence-electron chi connectivity index (χ4n) is 10.7. The molecule has 1 saturated carbocycles. The van der Waals surface area contributed by atoms with Crippen LogP contribution in [0.25, 0.3) is 43.2 Å². The Morgan fingerprint density at radius 2 is 1.71 bits per heavy atom. The minimum Gasteiger partial charge on any atom is -0.504 e. The third kappa shape index (κ3) is 5.30. The van der Waals surface area contributed by atoms with Crippen LogP contribution in [0.15, 0.2) is 107 Å². The van der Waals surface area contributed by atoms with E-state index >= 15 is 9.59 Å². The number of phenolic OH excluding ortho intramolecular Hbond substituents is 1. The number of aromatic hydroxyl groups is 1. The number of benzene rings is 4. The Hall–Kier alpha value is -6.57. The molecule has 4 aliphatic rings. The van der Waals surface area contributed by atoms with E-state index in [0.717, 1.165) is 31.6 Å². The third-order valence-corrected chi connectivity index (χ3v) is 15.2. The highest BCUT2D eigenvalue weighted by molar-refractivity contribution is 7.22. The zero-order valence-corrected chi connectivity index (χ0v) is 35.5. The van der Waals surface area contributed by atoms with E-state index in [0.29, 0.717) is 44.8 Å². The molecule has 2 aliphatic carbocycles. The van der Waals surface area contributed by atoms with Gasteiger partial charge >= 0.3 is 0 Å². The van der Waals surface area contributed by atoms with Crippen LogP contribution < -0.4 is 14.5 Å². The number of carbonyl (C=O) groups is 4. The van der Waals surface area contributed by atoms with Gasteiger partial charge in [-0.1, -0.05) is 47.5 Å². The normalized spacial score (nSPS) is 24.5. The molecule has 1 N–H and O–H groups in total. The zero-order valence-electron chi connectivity index (χ0n) is 34.0. The number of thiophene rings is 1. The van der Waals surface area contributed by atoms with Gasteiger partial charge in [-0.15, -0.1) is 11.3 Å². The van der Waals surface area contributed by atoms with Crippen LogP contribution in [-0.2, 0) is 26.2 Å². The number of fused-ring (bicyclic) bond motifs is 6.